The highest BCUT2D eigenvalue weighted by molar-refractivity contribution is 5.27. The number of aliphatic hydroxyl groups excluding tert-OH is 2. The number of nitrogens with zero attached hydrogens (tertiary/aromatic N) is 2. The van der Waals surface area contributed by atoms with Crippen molar-refractivity contribution in [1.82, 2.24) is 4.98 Å². The highest BCUT2D eigenvalue weighted by Gasteiger charge is 2.22. The Morgan fingerprint density at radius 3 is 3.07 bits per heavy atom. The molecule has 2 rings (SSSR count). The molecule has 15 heavy (non-hydrogen) atoms. The summed E-state index contributed by atoms with van der Waals surface area (Å²) in [4.78, 5) is 5.99. The van der Waals surface area contributed by atoms with Crippen LogP contribution in [0.25, 0.3) is 0 Å². The number of rotatable bonds is 3. The molecule has 6 nitrogen and oxygen atoms in total. The highest BCUT2D eigenvalue weighted by Crippen LogP contribution is 2.16. The predicted octanol–water partition coefficient (Wildman–Crippen LogP) is -0.636. The van der Waals surface area contributed by atoms with Gasteiger partial charge in [-0.2, -0.15) is 4.98 Å². The molecule has 0 saturated carbocycles. The van der Waals surface area contributed by atoms with Crippen LogP contribution in [0.2, 0.25) is 0 Å². The molecular formula is C9H14N2O4. The van der Waals surface area contributed by atoms with Gasteiger partial charge < -0.3 is 24.3 Å². The molecule has 6 heteroatoms. The molecule has 1 fully saturated rings. The summed E-state index contributed by atoms with van der Waals surface area (Å²) < 4.78 is 10.5. The topological polar surface area (TPSA) is 79.0 Å². The lowest BCUT2D eigenvalue weighted by molar-refractivity contribution is 0.00229. The van der Waals surface area contributed by atoms with Crippen molar-refractivity contribution in [3.05, 3.63) is 12.0 Å². The first-order valence-corrected chi connectivity index (χ1v) is 4.86. The van der Waals surface area contributed by atoms with E-state index in [0.29, 0.717) is 31.4 Å². The van der Waals surface area contributed by atoms with E-state index in [2.05, 4.69) is 4.98 Å². The van der Waals surface area contributed by atoms with Crippen LogP contribution in [-0.4, -0.2) is 47.6 Å². The molecule has 84 valence electrons. The molecule has 1 atom stereocenters. The summed E-state index contributed by atoms with van der Waals surface area (Å²) in [6.07, 6.45) is 1.24. The van der Waals surface area contributed by atoms with Crippen molar-refractivity contribution >= 4 is 6.01 Å². The summed E-state index contributed by atoms with van der Waals surface area (Å²) in [5, 5.41) is 17.8. The van der Waals surface area contributed by atoms with Crippen molar-refractivity contribution in [2.75, 3.05) is 31.2 Å². The smallest absolute Gasteiger partial charge is 0.297 e. The third-order valence-electron chi connectivity index (χ3n) is 2.31. The van der Waals surface area contributed by atoms with Gasteiger partial charge in [0.25, 0.3) is 6.01 Å². The number of oxazole rings is 1. The molecular weight excluding hydrogens is 200 g/mol. The first-order valence-electron chi connectivity index (χ1n) is 4.86. The Labute approximate surface area is 87.1 Å². The number of aromatic nitrogens is 1. The van der Waals surface area contributed by atoms with Crippen molar-refractivity contribution in [2.24, 2.45) is 0 Å². The van der Waals surface area contributed by atoms with Crippen molar-refractivity contribution in [3.8, 4) is 0 Å². The second-order valence-electron chi connectivity index (χ2n) is 3.40. The Morgan fingerprint density at radius 1 is 1.53 bits per heavy atom. The van der Waals surface area contributed by atoms with Crippen LogP contribution in [0.5, 0.6) is 0 Å². The number of morpholine rings is 1. The van der Waals surface area contributed by atoms with Gasteiger partial charge in [0.05, 0.1) is 32.5 Å². The van der Waals surface area contributed by atoms with Gasteiger partial charge in [-0.1, -0.05) is 0 Å². The number of hydrogen-bond donors (Lipinski definition) is 2. The van der Waals surface area contributed by atoms with E-state index in [1.54, 1.807) is 0 Å². The maximum atomic E-state index is 8.96. The zero-order valence-electron chi connectivity index (χ0n) is 8.30. The average Bonchev–Trinajstić information content (AvgIpc) is 2.78. The normalized spacial score (nSPS) is 22.0. The second-order valence-corrected chi connectivity index (χ2v) is 3.40. The summed E-state index contributed by atoms with van der Waals surface area (Å²) >= 11 is 0. The lowest BCUT2D eigenvalue weighted by Gasteiger charge is -2.30. The van der Waals surface area contributed by atoms with Crippen LogP contribution in [0.4, 0.5) is 6.01 Å². The Balaban J connectivity index is 2.03. The van der Waals surface area contributed by atoms with E-state index in [9.17, 15) is 0 Å². The van der Waals surface area contributed by atoms with Gasteiger partial charge in [-0.3, -0.25) is 0 Å². The van der Waals surface area contributed by atoms with Gasteiger partial charge in [0.1, 0.15) is 12.0 Å². The zero-order valence-corrected chi connectivity index (χ0v) is 8.30. The summed E-state index contributed by atoms with van der Waals surface area (Å²) in [6.45, 7) is 1.65. The summed E-state index contributed by atoms with van der Waals surface area (Å²) in [6, 6.07) is 0.473. The van der Waals surface area contributed by atoms with Crippen molar-refractivity contribution in [3.63, 3.8) is 0 Å². The third kappa shape index (κ3) is 2.28. The number of aliphatic hydroxyl groups is 2. The average molecular weight is 214 g/mol. The van der Waals surface area contributed by atoms with Gasteiger partial charge in [0.2, 0.25) is 0 Å². The lowest BCUT2D eigenvalue weighted by Crippen LogP contribution is -2.44. The Kier molecular flexibility index (Phi) is 3.20. The van der Waals surface area contributed by atoms with Crippen LogP contribution in [0, 0.1) is 0 Å². The minimum Gasteiger partial charge on any atom is -0.432 e. The van der Waals surface area contributed by atoms with E-state index in [1.165, 1.54) is 6.26 Å². The Bertz CT molecular complexity index is 315. The van der Waals surface area contributed by atoms with Crippen LogP contribution in [0.15, 0.2) is 10.7 Å². The Morgan fingerprint density at radius 2 is 2.40 bits per heavy atom. The summed E-state index contributed by atoms with van der Waals surface area (Å²) in [5.74, 6) is 0. The first-order chi connectivity index (χ1) is 7.33. The fraction of sp³-hybridized carbons (Fsp3) is 0.667. The van der Waals surface area contributed by atoms with E-state index in [0.717, 1.165) is 0 Å². The van der Waals surface area contributed by atoms with E-state index in [-0.39, 0.29) is 19.3 Å². The molecule has 0 aliphatic carbocycles. The van der Waals surface area contributed by atoms with E-state index < -0.39 is 0 Å². The zero-order chi connectivity index (χ0) is 10.7. The van der Waals surface area contributed by atoms with Gasteiger partial charge in [0, 0.05) is 6.54 Å². The lowest BCUT2D eigenvalue weighted by atomic mass is 10.3. The van der Waals surface area contributed by atoms with Crippen LogP contribution in [0.3, 0.4) is 0 Å². The van der Waals surface area contributed by atoms with Crippen LogP contribution >= 0.6 is 0 Å². The molecule has 1 saturated heterocycles. The monoisotopic (exact) mass is 214 g/mol. The molecule has 0 radical (unpaired) electrons. The SMILES string of the molecule is OCc1coc(N2CCOC(CO)C2)n1. The van der Waals surface area contributed by atoms with E-state index >= 15 is 0 Å². The number of anilines is 1. The molecule has 0 bridgehead atoms. The number of ether oxygens (including phenoxy) is 1. The molecule has 1 aromatic heterocycles. The van der Waals surface area contributed by atoms with Crippen molar-refractivity contribution < 1.29 is 19.4 Å². The van der Waals surface area contributed by atoms with Crippen molar-refractivity contribution in [1.29, 1.82) is 0 Å². The van der Waals surface area contributed by atoms with Crippen LogP contribution in [0.1, 0.15) is 5.69 Å². The molecule has 1 aliphatic rings. The Hall–Kier alpha value is -1.11. The summed E-state index contributed by atoms with van der Waals surface area (Å²) in [7, 11) is 0. The van der Waals surface area contributed by atoms with Crippen molar-refractivity contribution in [2.45, 2.75) is 12.7 Å². The van der Waals surface area contributed by atoms with E-state index in [1.807, 2.05) is 4.90 Å². The van der Waals surface area contributed by atoms with Gasteiger partial charge in [-0.25, -0.2) is 0 Å². The first kappa shape index (κ1) is 10.4. The molecule has 1 unspecified atom stereocenters. The maximum absolute atomic E-state index is 8.96. The number of hydrogen-bond acceptors (Lipinski definition) is 6. The molecule has 0 amide bonds. The van der Waals surface area contributed by atoms with Gasteiger partial charge in [-0.15, -0.1) is 0 Å². The quantitative estimate of drug-likeness (QED) is 0.697. The third-order valence-corrected chi connectivity index (χ3v) is 2.31. The second kappa shape index (κ2) is 4.61. The minimum absolute atomic E-state index is 0.00986. The van der Waals surface area contributed by atoms with Crippen LogP contribution in [-0.2, 0) is 11.3 Å². The molecule has 0 aromatic carbocycles. The van der Waals surface area contributed by atoms with Gasteiger partial charge in [0.15, 0.2) is 0 Å². The molecule has 2 heterocycles. The fourth-order valence-electron chi connectivity index (χ4n) is 1.52. The standard InChI is InChI=1S/C9H14N2O4/c12-4-7-6-15-9(10-7)11-1-2-14-8(3-11)5-13/h6,8,12-13H,1-5H2. The molecule has 2 N–H and O–H groups in total. The minimum atomic E-state index is -0.191. The fourth-order valence-corrected chi connectivity index (χ4v) is 1.52. The van der Waals surface area contributed by atoms with E-state index in [4.69, 9.17) is 19.4 Å². The molecule has 0 spiro atoms. The van der Waals surface area contributed by atoms with Crippen LogP contribution < -0.4 is 4.90 Å². The van der Waals surface area contributed by atoms with Gasteiger partial charge >= 0.3 is 0 Å². The molecule has 1 aromatic rings. The summed E-state index contributed by atoms with van der Waals surface area (Å²) in [5.41, 5.74) is 0.511. The molecule has 1 aliphatic heterocycles. The highest BCUT2D eigenvalue weighted by atomic mass is 16.5. The predicted molar refractivity (Wildman–Crippen MR) is 51.5 cm³/mol. The van der Waals surface area contributed by atoms with Gasteiger partial charge in [-0.05, 0) is 0 Å². The maximum Gasteiger partial charge on any atom is 0.297 e. The largest absolute Gasteiger partial charge is 0.432 e.